The summed E-state index contributed by atoms with van der Waals surface area (Å²) in [5, 5.41) is 13.5. The molecule has 10 heteroatoms. The third-order valence-electron chi connectivity index (χ3n) is 3.78. The van der Waals surface area contributed by atoms with Gasteiger partial charge in [0, 0.05) is 17.2 Å². The number of ether oxygens (including phenoxy) is 2. The monoisotopic (exact) mass is 396 g/mol. The highest BCUT2D eigenvalue weighted by Gasteiger charge is 2.28. The lowest BCUT2D eigenvalue weighted by Crippen LogP contribution is -2.04. The van der Waals surface area contributed by atoms with E-state index < -0.39 is 17.4 Å². The second-order valence-electron chi connectivity index (χ2n) is 5.41. The zero-order valence-corrected chi connectivity index (χ0v) is 14.4. The van der Waals surface area contributed by atoms with E-state index in [0.29, 0.717) is 11.3 Å². The zero-order valence-electron chi connectivity index (χ0n) is 13.7. The number of carbonyl (C=O) groups excluding carboxylic acids is 1. The molecule has 0 fully saturated rings. The van der Waals surface area contributed by atoms with Crippen LogP contribution < -0.4 is 14.8 Å². The molecule has 3 rings (SSSR count). The highest BCUT2D eigenvalue weighted by molar-refractivity contribution is 6.37. The van der Waals surface area contributed by atoms with Crippen LogP contribution in [0.2, 0.25) is 5.02 Å². The van der Waals surface area contributed by atoms with Crippen LogP contribution in [-0.2, 0) is 4.79 Å². The first kappa shape index (κ1) is 18.6. The number of nitrogens with one attached hydrogen (secondary N) is 1. The van der Waals surface area contributed by atoms with Gasteiger partial charge in [0.1, 0.15) is 5.02 Å². The van der Waals surface area contributed by atoms with Crippen molar-refractivity contribution in [2.45, 2.75) is 6.61 Å². The fourth-order valence-electron chi connectivity index (χ4n) is 2.62. The molecular formula is C17H11ClF2N2O5. The Labute approximate surface area is 156 Å². The van der Waals surface area contributed by atoms with Crippen molar-refractivity contribution >= 4 is 40.5 Å². The Morgan fingerprint density at radius 1 is 1.26 bits per heavy atom. The molecule has 2 aromatic carbocycles. The highest BCUT2D eigenvalue weighted by atomic mass is 35.5. The minimum absolute atomic E-state index is 0.0937. The van der Waals surface area contributed by atoms with Crippen molar-refractivity contribution in [1.29, 1.82) is 0 Å². The Hall–Kier alpha value is -3.20. The number of carbonyl (C=O) groups is 1. The van der Waals surface area contributed by atoms with Crippen LogP contribution in [0.3, 0.4) is 0 Å². The molecule has 0 aliphatic carbocycles. The quantitative estimate of drug-likeness (QED) is 0.461. The molecule has 0 aromatic heterocycles. The van der Waals surface area contributed by atoms with Crippen LogP contribution in [0.15, 0.2) is 30.3 Å². The standard InChI is InChI=1S/C17H11ClF2N2O5/c1-26-14-3-2-8(5-15(14)27-17(19)20)4-10-9-6-13(22(24)25)11(18)7-12(9)21-16(10)23/h2-7,17H,1H3,(H,21,23)/b10-4+. The number of nitro benzene ring substituents is 1. The predicted molar refractivity (Wildman–Crippen MR) is 94.2 cm³/mol. The Balaban J connectivity index is 2.07. The average molecular weight is 397 g/mol. The summed E-state index contributed by atoms with van der Waals surface area (Å²) in [5.41, 5.74) is 0.733. The molecule has 0 saturated heterocycles. The minimum atomic E-state index is -3.05. The van der Waals surface area contributed by atoms with Gasteiger partial charge in [0.15, 0.2) is 11.5 Å². The summed E-state index contributed by atoms with van der Waals surface area (Å²) in [6, 6.07) is 6.67. The molecule has 0 atom stereocenters. The van der Waals surface area contributed by atoms with Gasteiger partial charge in [-0.05, 0) is 29.8 Å². The Morgan fingerprint density at radius 2 is 2.00 bits per heavy atom. The molecule has 1 aliphatic rings. The molecule has 1 heterocycles. The summed E-state index contributed by atoms with van der Waals surface area (Å²) < 4.78 is 34.5. The molecule has 1 aliphatic heterocycles. The number of hydrogen-bond acceptors (Lipinski definition) is 5. The van der Waals surface area contributed by atoms with Crippen molar-refractivity contribution in [2.75, 3.05) is 12.4 Å². The first-order valence-electron chi connectivity index (χ1n) is 7.44. The van der Waals surface area contributed by atoms with Crippen LogP contribution >= 0.6 is 11.6 Å². The maximum Gasteiger partial charge on any atom is 0.387 e. The van der Waals surface area contributed by atoms with E-state index in [1.54, 1.807) is 0 Å². The lowest BCUT2D eigenvalue weighted by atomic mass is 10.0. The number of benzene rings is 2. The van der Waals surface area contributed by atoms with E-state index in [0.717, 1.165) is 0 Å². The van der Waals surface area contributed by atoms with Crippen molar-refractivity contribution < 1.29 is 28.0 Å². The molecule has 1 N–H and O–H groups in total. The van der Waals surface area contributed by atoms with Crippen molar-refractivity contribution in [2.24, 2.45) is 0 Å². The number of methoxy groups -OCH3 is 1. The zero-order chi connectivity index (χ0) is 19.7. The topological polar surface area (TPSA) is 90.7 Å². The van der Waals surface area contributed by atoms with Crippen LogP contribution in [0.5, 0.6) is 11.5 Å². The van der Waals surface area contributed by atoms with Crippen LogP contribution in [0.4, 0.5) is 20.2 Å². The number of anilines is 1. The lowest BCUT2D eigenvalue weighted by molar-refractivity contribution is -0.384. The molecule has 7 nitrogen and oxygen atoms in total. The number of amides is 1. The second kappa shape index (κ2) is 7.20. The van der Waals surface area contributed by atoms with Gasteiger partial charge in [-0.3, -0.25) is 14.9 Å². The van der Waals surface area contributed by atoms with Crippen molar-refractivity contribution in [3.63, 3.8) is 0 Å². The predicted octanol–water partition coefficient (Wildman–Crippen LogP) is 4.35. The van der Waals surface area contributed by atoms with Gasteiger partial charge in [0.05, 0.1) is 17.7 Å². The molecule has 1 amide bonds. The molecule has 27 heavy (non-hydrogen) atoms. The summed E-state index contributed by atoms with van der Waals surface area (Å²) in [6.45, 7) is -3.05. The summed E-state index contributed by atoms with van der Waals surface area (Å²) in [6.07, 6.45) is 1.40. The van der Waals surface area contributed by atoms with E-state index in [1.165, 1.54) is 43.5 Å². The van der Waals surface area contributed by atoms with Crippen molar-refractivity contribution in [1.82, 2.24) is 0 Å². The Kier molecular flexibility index (Phi) is 4.95. The SMILES string of the molecule is COc1ccc(/C=C2/C(=O)Nc3cc(Cl)c([N+](=O)[O-])cc32)cc1OC(F)F. The van der Waals surface area contributed by atoms with Gasteiger partial charge in [0.2, 0.25) is 0 Å². The van der Waals surface area contributed by atoms with E-state index in [1.807, 2.05) is 0 Å². The number of hydrogen-bond donors (Lipinski definition) is 1. The third kappa shape index (κ3) is 3.68. The fraction of sp³-hybridized carbons (Fsp3) is 0.118. The highest BCUT2D eigenvalue weighted by Crippen LogP contribution is 2.40. The maximum absolute atomic E-state index is 12.6. The van der Waals surface area contributed by atoms with Crippen LogP contribution in [-0.4, -0.2) is 24.6 Å². The number of fused-ring (bicyclic) bond motifs is 1. The average Bonchev–Trinajstić information content (AvgIpc) is 2.88. The van der Waals surface area contributed by atoms with Gasteiger partial charge in [-0.2, -0.15) is 8.78 Å². The van der Waals surface area contributed by atoms with Gasteiger partial charge in [0.25, 0.3) is 11.6 Å². The molecule has 0 saturated carbocycles. The van der Waals surface area contributed by atoms with Crippen molar-refractivity contribution in [3.8, 4) is 11.5 Å². The summed E-state index contributed by atoms with van der Waals surface area (Å²) >= 11 is 5.85. The third-order valence-corrected chi connectivity index (χ3v) is 4.08. The van der Waals surface area contributed by atoms with E-state index >= 15 is 0 Å². The van der Waals surface area contributed by atoms with Gasteiger partial charge >= 0.3 is 6.61 Å². The van der Waals surface area contributed by atoms with Crippen LogP contribution in [0.1, 0.15) is 11.1 Å². The molecule has 0 radical (unpaired) electrons. The fourth-order valence-corrected chi connectivity index (χ4v) is 2.85. The largest absolute Gasteiger partial charge is 0.493 e. The summed E-state index contributed by atoms with van der Waals surface area (Å²) in [5.74, 6) is -0.618. The Morgan fingerprint density at radius 3 is 2.63 bits per heavy atom. The Bertz CT molecular complexity index is 978. The van der Waals surface area contributed by atoms with Gasteiger partial charge in [-0.25, -0.2) is 0 Å². The van der Waals surface area contributed by atoms with E-state index in [4.69, 9.17) is 16.3 Å². The molecule has 0 unspecified atom stereocenters. The molecular weight excluding hydrogens is 386 g/mol. The molecule has 2 aromatic rings. The van der Waals surface area contributed by atoms with E-state index in [9.17, 15) is 23.7 Å². The van der Waals surface area contributed by atoms with Crippen LogP contribution in [0, 0.1) is 10.1 Å². The van der Waals surface area contributed by atoms with Gasteiger partial charge in [-0.15, -0.1) is 0 Å². The smallest absolute Gasteiger partial charge is 0.387 e. The number of nitro groups is 1. The van der Waals surface area contributed by atoms with Gasteiger partial charge < -0.3 is 14.8 Å². The summed E-state index contributed by atoms with van der Waals surface area (Å²) in [4.78, 5) is 22.7. The van der Waals surface area contributed by atoms with Gasteiger partial charge in [-0.1, -0.05) is 17.7 Å². The maximum atomic E-state index is 12.6. The van der Waals surface area contributed by atoms with E-state index in [-0.39, 0.29) is 33.3 Å². The normalized spacial score (nSPS) is 14.3. The second-order valence-corrected chi connectivity index (χ2v) is 5.81. The number of alkyl halides is 2. The first-order chi connectivity index (χ1) is 12.8. The summed E-state index contributed by atoms with van der Waals surface area (Å²) in [7, 11) is 1.30. The molecule has 0 bridgehead atoms. The van der Waals surface area contributed by atoms with Crippen LogP contribution in [0.25, 0.3) is 11.6 Å². The van der Waals surface area contributed by atoms with E-state index in [2.05, 4.69) is 10.1 Å². The number of nitrogens with zero attached hydrogens (tertiary/aromatic N) is 1. The number of halogens is 3. The molecule has 0 spiro atoms. The van der Waals surface area contributed by atoms with Crippen molar-refractivity contribution in [3.05, 3.63) is 56.6 Å². The molecule has 140 valence electrons. The minimum Gasteiger partial charge on any atom is -0.493 e. The first-order valence-corrected chi connectivity index (χ1v) is 7.82. The lowest BCUT2D eigenvalue weighted by Gasteiger charge is -2.10. The number of rotatable bonds is 5.